The Hall–Kier alpha value is -2.65. The molecular formula is C12H24O10. The number of rotatable bonds is 2. The SMILES string of the molecule is CC(=O)O.CC(=O)O.CC(=O)O.CC(=O)O.CCCC(=O)O. The minimum absolute atomic E-state index is 0.292. The third-order valence-electron chi connectivity index (χ3n) is 0.464. The lowest BCUT2D eigenvalue weighted by atomic mass is 10.4. The van der Waals surface area contributed by atoms with Crippen molar-refractivity contribution >= 4 is 29.8 Å². The van der Waals surface area contributed by atoms with Gasteiger partial charge in [-0.05, 0) is 6.42 Å². The predicted octanol–water partition coefficient (Wildman–Crippen LogP) is 1.23. The van der Waals surface area contributed by atoms with Crippen LogP contribution in [-0.4, -0.2) is 55.4 Å². The van der Waals surface area contributed by atoms with Gasteiger partial charge in [-0.25, -0.2) is 0 Å². The van der Waals surface area contributed by atoms with E-state index in [1.54, 1.807) is 0 Å². The summed E-state index contributed by atoms with van der Waals surface area (Å²) < 4.78 is 0. The monoisotopic (exact) mass is 328 g/mol. The van der Waals surface area contributed by atoms with E-state index in [4.69, 9.17) is 44.7 Å². The zero-order valence-electron chi connectivity index (χ0n) is 13.2. The van der Waals surface area contributed by atoms with E-state index in [-0.39, 0.29) is 0 Å². The van der Waals surface area contributed by atoms with Crippen LogP contribution in [0.1, 0.15) is 47.5 Å². The van der Waals surface area contributed by atoms with E-state index in [0.29, 0.717) is 6.42 Å². The van der Waals surface area contributed by atoms with Crippen molar-refractivity contribution in [2.75, 3.05) is 0 Å². The first-order valence-electron chi connectivity index (χ1n) is 5.70. The molecule has 22 heavy (non-hydrogen) atoms. The average molecular weight is 328 g/mol. The lowest BCUT2D eigenvalue weighted by Gasteiger charge is -1.79. The van der Waals surface area contributed by atoms with Crippen LogP contribution in [0.4, 0.5) is 0 Å². The molecule has 0 aliphatic heterocycles. The van der Waals surface area contributed by atoms with Gasteiger partial charge in [0.15, 0.2) is 0 Å². The summed E-state index contributed by atoms with van der Waals surface area (Å²) in [5.74, 6) is -4.04. The van der Waals surface area contributed by atoms with Gasteiger partial charge in [0.05, 0.1) is 0 Å². The van der Waals surface area contributed by atoms with Crippen LogP contribution in [0.5, 0.6) is 0 Å². The van der Waals surface area contributed by atoms with Crippen LogP contribution in [0.15, 0.2) is 0 Å². The lowest BCUT2D eigenvalue weighted by Crippen LogP contribution is -1.90. The third-order valence-corrected chi connectivity index (χ3v) is 0.464. The van der Waals surface area contributed by atoms with E-state index in [0.717, 1.165) is 34.1 Å². The molecule has 0 amide bonds. The van der Waals surface area contributed by atoms with Gasteiger partial charge in [0.25, 0.3) is 23.9 Å². The minimum atomic E-state index is -0.833. The summed E-state index contributed by atoms with van der Waals surface area (Å²) >= 11 is 0. The van der Waals surface area contributed by atoms with Gasteiger partial charge >= 0.3 is 5.97 Å². The van der Waals surface area contributed by atoms with Gasteiger partial charge in [-0.2, -0.15) is 0 Å². The van der Waals surface area contributed by atoms with E-state index in [1.807, 2.05) is 6.92 Å². The first-order valence-corrected chi connectivity index (χ1v) is 5.70. The highest BCUT2D eigenvalue weighted by Crippen LogP contribution is 1.82. The molecule has 10 heteroatoms. The molecule has 0 saturated heterocycles. The van der Waals surface area contributed by atoms with Gasteiger partial charge in [0, 0.05) is 34.1 Å². The molecule has 0 aromatic heterocycles. The van der Waals surface area contributed by atoms with Crippen LogP contribution in [0.3, 0.4) is 0 Å². The molecular weight excluding hydrogens is 304 g/mol. The van der Waals surface area contributed by atoms with E-state index in [2.05, 4.69) is 0 Å². The molecule has 0 aromatic rings. The lowest BCUT2D eigenvalue weighted by molar-refractivity contribution is -0.137. The van der Waals surface area contributed by atoms with E-state index < -0.39 is 29.8 Å². The molecule has 0 bridgehead atoms. The van der Waals surface area contributed by atoms with Crippen molar-refractivity contribution < 1.29 is 49.5 Å². The summed E-state index contributed by atoms with van der Waals surface area (Å²) in [6.45, 7) is 6.17. The van der Waals surface area contributed by atoms with E-state index in [1.165, 1.54) is 0 Å². The van der Waals surface area contributed by atoms with Crippen molar-refractivity contribution in [1.82, 2.24) is 0 Å². The molecule has 0 spiro atoms. The Labute approximate surface area is 128 Å². The summed E-state index contributed by atoms with van der Waals surface area (Å²) in [4.78, 5) is 45.6. The second-order valence-electron chi connectivity index (χ2n) is 3.22. The summed E-state index contributed by atoms with van der Waals surface area (Å²) in [6, 6.07) is 0. The molecule has 0 fully saturated rings. The summed E-state index contributed by atoms with van der Waals surface area (Å²) in [5, 5.41) is 37.6. The largest absolute Gasteiger partial charge is 0.481 e. The fourth-order valence-corrected chi connectivity index (χ4v) is 0.214. The number of carboxylic acids is 5. The van der Waals surface area contributed by atoms with Gasteiger partial charge in [0.1, 0.15) is 0 Å². The Morgan fingerprint density at radius 1 is 0.591 bits per heavy atom. The standard InChI is InChI=1S/C4H8O2.4C2H4O2/c1-2-3-4(5)6;4*1-2(3)4/h2-3H2,1H3,(H,5,6);4*1H3,(H,3,4). The van der Waals surface area contributed by atoms with Gasteiger partial charge in [-0.1, -0.05) is 6.92 Å². The van der Waals surface area contributed by atoms with E-state index in [9.17, 15) is 4.79 Å². The van der Waals surface area contributed by atoms with Crippen molar-refractivity contribution in [3.63, 3.8) is 0 Å². The van der Waals surface area contributed by atoms with Crippen molar-refractivity contribution in [2.24, 2.45) is 0 Å². The fraction of sp³-hybridized carbons (Fsp3) is 0.583. The summed E-state index contributed by atoms with van der Waals surface area (Å²) in [6.07, 6.45) is 1.02. The number of carboxylic acid groups (broad SMARTS) is 5. The van der Waals surface area contributed by atoms with Crippen molar-refractivity contribution in [3.8, 4) is 0 Å². The molecule has 0 atom stereocenters. The number of hydrogen-bond acceptors (Lipinski definition) is 5. The zero-order chi connectivity index (χ0) is 19.3. The Balaban J connectivity index is -0.0000000555. The van der Waals surface area contributed by atoms with Crippen molar-refractivity contribution in [3.05, 3.63) is 0 Å². The number of aliphatic carboxylic acids is 5. The number of hydrogen-bond donors (Lipinski definition) is 5. The molecule has 0 rings (SSSR count). The predicted molar refractivity (Wildman–Crippen MR) is 75.8 cm³/mol. The molecule has 0 heterocycles. The second kappa shape index (κ2) is 26.8. The second-order valence-corrected chi connectivity index (χ2v) is 3.22. The molecule has 0 saturated carbocycles. The normalized spacial score (nSPS) is 6.77. The molecule has 5 N–H and O–H groups in total. The Kier molecular flexibility index (Phi) is 38.6. The van der Waals surface area contributed by atoms with Crippen LogP contribution in [-0.2, 0) is 24.0 Å². The minimum Gasteiger partial charge on any atom is -0.481 e. The highest BCUT2D eigenvalue weighted by molar-refractivity contribution is 5.66. The maximum atomic E-state index is 9.60. The zero-order valence-corrected chi connectivity index (χ0v) is 13.2. The smallest absolute Gasteiger partial charge is 0.303 e. The average Bonchev–Trinajstić information content (AvgIpc) is 2.12. The maximum absolute atomic E-state index is 9.60. The molecule has 0 radical (unpaired) electrons. The number of carbonyl (C=O) groups is 5. The fourth-order valence-electron chi connectivity index (χ4n) is 0.214. The molecule has 10 nitrogen and oxygen atoms in total. The Bertz CT molecular complexity index is 258. The first-order chi connectivity index (χ1) is 9.70. The van der Waals surface area contributed by atoms with Crippen LogP contribution < -0.4 is 0 Å². The first kappa shape index (κ1) is 31.6. The van der Waals surface area contributed by atoms with Crippen LogP contribution in [0.2, 0.25) is 0 Å². The van der Waals surface area contributed by atoms with Crippen molar-refractivity contribution in [1.29, 1.82) is 0 Å². The van der Waals surface area contributed by atoms with Gasteiger partial charge in [0.2, 0.25) is 0 Å². The summed E-state index contributed by atoms with van der Waals surface area (Å²) in [5.41, 5.74) is 0. The highest BCUT2D eigenvalue weighted by Gasteiger charge is 1.87. The molecule has 0 aliphatic carbocycles. The Morgan fingerprint density at radius 3 is 0.727 bits per heavy atom. The maximum Gasteiger partial charge on any atom is 0.303 e. The van der Waals surface area contributed by atoms with Crippen molar-refractivity contribution in [2.45, 2.75) is 47.5 Å². The molecule has 132 valence electrons. The highest BCUT2D eigenvalue weighted by atomic mass is 16.4. The molecule has 0 aromatic carbocycles. The van der Waals surface area contributed by atoms with Gasteiger partial charge in [-0.15, -0.1) is 0 Å². The quantitative estimate of drug-likeness (QED) is 0.493. The molecule has 0 unspecified atom stereocenters. The topological polar surface area (TPSA) is 186 Å². The Morgan fingerprint density at radius 2 is 0.727 bits per heavy atom. The van der Waals surface area contributed by atoms with E-state index >= 15 is 0 Å². The van der Waals surface area contributed by atoms with Crippen LogP contribution in [0.25, 0.3) is 0 Å². The molecule has 0 aliphatic rings. The van der Waals surface area contributed by atoms with Gasteiger partial charge < -0.3 is 25.5 Å². The third kappa shape index (κ3) is 37900. The summed E-state index contributed by atoms with van der Waals surface area (Å²) in [7, 11) is 0. The van der Waals surface area contributed by atoms with Gasteiger partial charge in [-0.3, -0.25) is 24.0 Å². The van der Waals surface area contributed by atoms with Crippen LogP contribution >= 0.6 is 0 Å². The van der Waals surface area contributed by atoms with Crippen LogP contribution in [0, 0.1) is 0 Å².